The van der Waals surface area contributed by atoms with E-state index in [0.29, 0.717) is 37.8 Å². The monoisotopic (exact) mass is 408 g/mol. The normalized spacial score (nSPS) is 13.9. The molecule has 1 aliphatic heterocycles. The largest absolute Gasteiger partial charge is 0.497 e. The highest BCUT2D eigenvalue weighted by Crippen LogP contribution is 2.19. The molecule has 156 valence electrons. The SMILES string of the molecule is COc1ccc(OCC(=O)N2CCN(c3cc(-n4ccnc4)nc(C)n3)CC2)cc1. The molecule has 3 aromatic rings. The molecule has 1 aromatic carbocycles. The maximum absolute atomic E-state index is 12.5. The summed E-state index contributed by atoms with van der Waals surface area (Å²) in [5.74, 6) is 3.70. The summed E-state index contributed by atoms with van der Waals surface area (Å²) in [4.78, 5) is 29.6. The summed E-state index contributed by atoms with van der Waals surface area (Å²) < 4.78 is 12.6. The number of aromatic nitrogens is 4. The van der Waals surface area contributed by atoms with Crippen molar-refractivity contribution in [1.82, 2.24) is 24.4 Å². The van der Waals surface area contributed by atoms with Crippen LogP contribution >= 0.6 is 0 Å². The molecule has 9 nitrogen and oxygen atoms in total. The van der Waals surface area contributed by atoms with Gasteiger partial charge in [-0.15, -0.1) is 0 Å². The van der Waals surface area contributed by atoms with Gasteiger partial charge in [0.05, 0.1) is 7.11 Å². The van der Waals surface area contributed by atoms with E-state index in [-0.39, 0.29) is 12.5 Å². The van der Waals surface area contributed by atoms with Crippen LogP contribution in [0.25, 0.3) is 5.82 Å². The molecule has 9 heteroatoms. The number of rotatable bonds is 6. The number of ether oxygens (including phenoxy) is 2. The van der Waals surface area contributed by atoms with Crippen LogP contribution in [0.5, 0.6) is 11.5 Å². The van der Waals surface area contributed by atoms with E-state index in [9.17, 15) is 4.79 Å². The fourth-order valence-electron chi connectivity index (χ4n) is 3.32. The highest BCUT2D eigenvalue weighted by Gasteiger charge is 2.23. The zero-order valence-electron chi connectivity index (χ0n) is 17.1. The van der Waals surface area contributed by atoms with Gasteiger partial charge in [-0.25, -0.2) is 15.0 Å². The number of hydrogen-bond donors (Lipinski definition) is 0. The van der Waals surface area contributed by atoms with E-state index >= 15 is 0 Å². The smallest absolute Gasteiger partial charge is 0.260 e. The number of carbonyl (C=O) groups is 1. The summed E-state index contributed by atoms with van der Waals surface area (Å²) in [6, 6.07) is 9.14. The Morgan fingerprint density at radius 2 is 1.73 bits per heavy atom. The average molecular weight is 408 g/mol. The first-order valence-electron chi connectivity index (χ1n) is 9.76. The Morgan fingerprint density at radius 1 is 1.03 bits per heavy atom. The van der Waals surface area contributed by atoms with Gasteiger partial charge in [0.15, 0.2) is 6.61 Å². The lowest BCUT2D eigenvalue weighted by atomic mass is 10.3. The molecule has 0 atom stereocenters. The molecule has 1 saturated heterocycles. The van der Waals surface area contributed by atoms with Gasteiger partial charge in [-0.1, -0.05) is 0 Å². The topological polar surface area (TPSA) is 85.6 Å². The molecule has 1 aliphatic rings. The van der Waals surface area contributed by atoms with Crippen molar-refractivity contribution in [2.45, 2.75) is 6.92 Å². The fourth-order valence-corrected chi connectivity index (χ4v) is 3.32. The van der Waals surface area contributed by atoms with Gasteiger partial charge in [0.1, 0.15) is 35.3 Å². The maximum Gasteiger partial charge on any atom is 0.260 e. The van der Waals surface area contributed by atoms with Gasteiger partial charge in [-0.3, -0.25) is 9.36 Å². The zero-order valence-corrected chi connectivity index (χ0v) is 17.1. The zero-order chi connectivity index (χ0) is 20.9. The first-order chi connectivity index (χ1) is 14.6. The molecule has 2 aromatic heterocycles. The molecule has 0 saturated carbocycles. The highest BCUT2D eigenvalue weighted by molar-refractivity contribution is 5.78. The quantitative estimate of drug-likeness (QED) is 0.614. The van der Waals surface area contributed by atoms with Crippen molar-refractivity contribution in [2.24, 2.45) is 0 Å². The van der Waals surface area contributed by atoms with Gasteiger partial charge in [0.2, 0.25) is 0 Å². The van der Waals surface area contributed by atoms with Crippen molar-refractivity contribution in [2.75, 3.05) is 44.8 Å². The van der Waals surface area contributed by atoms with E-state index in [2.05, 4.69) is 19.9 Å². The molecule has 0 bridgehead atoms. The molecular weight excluding hydrogens is 384 g/mol. The summed E-state index contributed by atoms with van der Waals surface area (Å²) in [6.07, 6.45) is 5.28. The molecule has 0 N–H and O–H groups in total. The Bertz CT molecular complexity index is 982. The second kappa shape index (κ2) is 8.81. The van der Waals surface area contributed by atoms with Crippen LogP contribution in [0.2, 0.25) is 0 Å². The van der Waals surface area contributed by atoms with Crippen LogP contribution in [0.4, 0.5) is 5.82 Å². The number of anilines is 1. The van der Waals surface area contributed by atoms with Crippen LogP contribution in [0, 0.1) is 6.92 Å². The lowest BCUT2D eigenvalue weighted by molar-refractivity contribution is -0.133. The molecule has 0 aliphatic carbocycles. The second-order valence-electron chi connectivity index (χ2n) is 6.93. The van der Waals surface area contributed by atoms with Gasteiger partial charge in [0, 0.05) is 44.6 Å². The van der Waals surface area contributed by atoms with Crippen molar-refractivity contribution in [3.05, 3.63) is 54.9 Å². The predicted molar refractivity (Wildman–Crippen MR) is 111 cm³/mol. The average Bonchev–Trinajstić information content (AvgIpc) is 3.33. The lowest BCUT2D eigenvalue weighted by Crippen LogP contribution is -2.50. The number of piperazine rings is 1. The van der Waals surface area contributed by atoms with E-state index in [1.807, 2.05) is 28.7 Å². The highest BCUT2D eigenvalue weighted by atomic mass is 16.5. The van der Waals surface area contributed by atoms with Crippen LogP contribution in [0.15, 0.2) is 49.1 Å². The van der Waals surface area contributed by atoms with Crippen LogP contribution in [-0.2, 0) is 4.79 Å². The number of hydrogen-bond acceptors (Lipinski definition) is 7. The van der Waals surface area contributed by atoms with Crippen LogP contribution in [-0.4, -0.2) is 70.2 Å². The molecule has 0 unspecified atom stereocenters. The first-order valence-corrected chi connectivity index (χ1v) is 9.76. The standard InChI is InChI=1S/C21H24N6O3/c1-16-23-19(13-20(24-16)27-8-7-22-15-27)25-9-11-26(12-10-25)21(28)14-30-18-5-3-17(29-2)4-6-18/h3-8,13,15H,9-12,14H2,1-2H3. The molecule has 4 rings (SSSR count). The van der Waals surface area contributed by atoms with Crippen molar-refractivity contribution in [1.29, 1.82) is 0 Å². The third-order valence-corrected chi connectivity index (χ3v) is 4.96. The third kappa shape index (κ3) is 4.51. The molecule has 1 amide bonds. The van der Waals surface area contributed by atoms with E-state index in [1.54, 1.807) is 43.9 Å². The Kier molecular flexibility index (Phi) is 5.78. The minimum absolute atomic E-state index is 0.0176. The number of aryl methyl sites for hydroxylation is 1. The Morgan fingerprint density at radius 3 is 2.40 bits per heavy atom. The van der Waals surface area contributed by atoms with Crippen molar-refractivity contribution < 1.29 is 14.3 Å². The second-order valence-corrected chi connectivity index (χ2v) is 6.93. The molecule has 0 radical (unpaired) electrons. The fraction of sp³-hybridized carbons (Fsp3) is 0.333. The van der Waals surface area contributed by atoms with Crippen LogP contribution in [0.1, 0.15) is 5.82 Å². The minimum atomic E-state index is -0.0246. The Labute approximate surface area is 174 Å². The van der Waals surface area contributed by atoms with Gasteiger partial charge in [-0.05, 0) is 31.2 Å². The lowest BCUT2D eigenvalue weighted by Gasteiger charge is -2.35. The van der Waals surface area contributed by atoms with Crippen molar-refractivity contribution in [3.63, 3.8) is 0 Å². The van der Waals surface area contributed by atoms with Gasteiger partial charge < -0.3 is 19.3 Å². The molecule has 1 fully saturated rings. The van der Waals surface area contributed by atoms with Gasteiger partial charge in [-0.2, -0.15) is 0 Å². The Hall–Kier alpha value is -3.62. The van der Waals surface area contributed by atoms with E-state index < -0.39 is 0 Å². The molecular formula is C21H24N6O3. The van der Waals surface area contributed by atoms with Gasteiger partial charge in [0.25, 0.3) is 5.91 Å². The first kappa shape index (κ1) is 19.7. The number of nitrogens with zero attached hydrogens (tertiary/aromatic N) is 6. The predicted octanol–water partition coefficient (Wildman–Crippen LogP) is 1.71. The summed E-state index contributed by atoms with van der Waals surface area (Å²) in [6.45, 7) is 4.54. The van der Waals surface area contributed by atoms with Crippen molar-refractivity contribution >= 4 is 11.7 Å². The van der Waals surface area contributed by atoms with Gasteiger partial charge >= 0.3 is 0 Å². The van der Waals surface area contributed by atoms with Crippen molar-refractivity contribution in [3.8, 4) is 17.3 Å². The number of benzene rings is 1. The summed E-state index contributed by atoms with van der Waals surface area (Å²) in [5.41, 5.74) is 0. The van der Waals surface area contributed by atoms with Crippen LogP contribution < -0.4 is 14.4 Å². The number of amides is 1. The third-order valence-electron chi connectivity index (χ3n) is 4.96. The number of imidazole rings is 1. The summed E-state index contributed by atoms with van der Waals surface area (Å²) in [7, 11) is 1.61. The van der Waals surface area contributed by atoms with E-state index in [1.165, 1.54) is 0 Å². The summed E-state index contributed by atoms with van der Waals surface area (Å²) >= 11 is 0. The number of carbonyl (C=O) groups excluding carboxylic acids is 1. The minimum Gasteiger partial charge on any atom is -0.497 e. The molecule has 3 heterocycles. The summed E-state index contributed by atoms with van der Waals surface area (Å²) in [5, 5.41) is 0. The van der Waals surface area contributed by atoms with E-state index in [0.717, 1.165) is 17.4 Å². The molecule has 30 heavy (non-hydrogen) atoms. The van der Waals surface area contributed by atoms with E-state index in [4.69, 9.17) is 9.47 Å². The Balaban J connectivity index is 1.32. The number of methoxy groups -OCH3 is 1. The maximum atomic E-state index is 12.5. The molecule has 0 spiro atoms. The van der Waals surface area contributed by atoms with Crippen LogP contribution in [0.3, 0.4) is 0 Å².